The fourth-order valence-electron chi connectivity index (χ4n) is 2.46. The third-order valence-electron chi connectivity index (χ3n) is 3.42. The number of aromatic amines is 1. The molecule has 3 N–H and O–H groups in total. The summed E-state index contributed by atoms with van der Waals surface area (Å²) in [5.41, 5.74) is 2.00. The number of carbonyl (C=O) groups is 1. The molecule has 1 amide bonds. The molecule has 3 rings (SSSR count). The average molecular weight is 294 g/mol. The van der Waals surface area contributed by atoms with E-state index in [1.165, 1.54) is 6.92 Å². The van der Waals surface area contributed by atoms with Crippen molar-refractivity contribution >= 4 is 22.4 Å². The van der Waals surface area contributed by atoms with Crippen molar-refractivity contribution in [2.24, 2.45) is 0 Å². The number of aromatic hydroxyl groups is 1. The van der Waals surface area contributed by atoms with E-state index in [4.69, 9.17) is 0 Å². The lowest BCUT2D eigenvalue weighted by atomic mass is 10.00. The predicted octanol–water partition coefficient (Wildman–Crippen LogP) is 2.86. The Hall–Kier alpha value is -3.08. The van der Waals surface area contributed by atoms with Crippen LogP contribution < -0.4 is 10.9 Å². The van der Waals surface area contributed by atoms with Crippen LogP contribution in [0, 0.1) is 0 Å². The summed E-state index contributed by atoms with van der Waals surface area (Å²) in [4.78, 5) is 25.6. The number of amides is 1. The first-order valence-electron chi connectivity index (χ1n) is 6.77. The number of H-pyrrole nitrogens is 1. The van der Waals surface area contributed by atoms with Crippen LogP contribution in [0.2, 0.25) is 0 Å². The zero-order chi connectivity index (χ0) is 15.7. The van der Waals surface area contributed by atoms with Crippen LogP contribution in [0.15, 0.2) is 53.5 Å². The molecule has 0 saturated heterocycles. The molecule has 1 heterocycles. The highest BCUT2D eigenvalue weighted by atomic mass is 16.3. The number of carbonyl (C=O) groups excluding carboxylic acids is 1. The normalized spacial score (nSPS) is 10.6. The molecular formula is C17H14N2O3. The van der Waals surface area contributed by atoms with Crippen LogP contribution in [0.3, 0.4) is 0 Å². The van der Waals surface area contributed by atoms with Gasteiger partial charge in [0.25, 0.3) is 5.56 Å². The molecule has 22 heavy (non-hydrogen) atoms. The lowest BCUT2D eigenvalue weighted by Crippen LogP contribution is -2.06. The SMILES string of the molecule is CC(=O)Nc1ccc(-c2c[nH]c(=O)c3cccc(O)c23)cc1. The van der Waals surface area contributed by atoms with E-state index in [0.717, 1.165) is 11.1 Å². The summed E-state index contributed by atoms with van der Waals surface area (Å²) in [5.74, 6) is -0.0792. The predicted molar refractivity (Wildman–Crippen MR) is 86.0 cm³/mol. The lowest BCUT2D eigenvalue weighted by Gasteiger charge is -2.09. The van der Waals surface area contributed by atoms with Crippen molar-refractivity contribution in [3.63, 3.8) is 0 Å². The van der Waals surface area contributed by atoms with Crippen molar-refractivity contribution in [2.75, 3.05) is 5.32 Å². The Morgan fingerprint density at radius 3 is 2.55 bits per heavy atom. The first kappa shape index (κ1) is 13.9. The molecule has 1 aromatic heterocycles. The van der Waals surface area contributed by atoms with Crippen LogP contribution >= 0.6 is 0 Å². The van der Waals surface area contributed by atoms with E-state index in [2.05, 4.69) is 10.3 Å². The number of nitrogens with one attached hydrogen (secondary N) is 2. The zero-order valence-corrected chi connectivity index (χ0v) is 11.9. The topological polar surface area (TPSA) is 82.2 Å². The number of hydrogen-bond acceptors (Lipinski definition) is 3. The van der Waals surface area contributed by atoms with E-state index in [9.17, 15) is 14.7 Å². The van der Waals surface area contributed by atoms with Crippen LogP contribution in [-0.2, 0) is 4.79 Å². The minimum absolute atomic E-state index is 0.0598. The van der Waals surface area contributed by atoms with E-state index in [0.29, 0.717) is 16.5 Å². The molecule has 0 fully saturated rings. The van der Waals surface area contributed by atoms with Gasteiger partial charge in [0.1, 0.15) is 5.75 Å². The van der Waals surface area contributed by atoms with Crippen LogP contribution in [0.25, 0.3) is 21.9 Å². The molecule has 0 unspecified atom stereocenters. The smallest absolute Gasteiger partial charge is 0.255 e. The highest BCUT2D eigenvalue weighted by molar-refractivity contribution is 6.00. The minimum atomic E-state index is -0.246. The fraction of sp³-hybridized carbons (Fsp3) is 0.0588. The maximum absolute atomic E-state index is 11.9. The maximum Gasteiger partial charge on any atom is 0.255 e. The van der Waals surface area contributed by atoms with Gasteiger partial charge in [-0.05, 0) is 29.8 Å². The summed E-state index contributed by atoms with van der Waals surface area (Å²) in [5, 5.41) is 13.7. The van der Waals surface area contributed by atoms with Crippen molar-refractivity contribution in [3.8, 4) is 16.9 Å². The third kappa shape index (κ3) is 2.44. The molecule has 0 aliphatic rings. The van der Waals surface area contributed by atoms with Crippen molar-refractivity contribution in [3.05, 3.63) is 59.0 Å². The monoisotopic (exact) mass is 294 g/mol. The molecule has 0 spiro atoms. The Labute approximate surface area is 126 Å². The summed E-state index contributed by atoms with van der Waals surface area (Å²) >= 11 is 0. The highest BCUT2D eigenvalue weighted by Gasteiger charge is 2.10. The van der Waals surface area contributed by atoms with Crippen LogP contribution in [0.4, 0.5) is 5.69 Å². The Bertz CT molecular complexity index is 911. The molecular weight excluding hydrogens is 280 g/mol. The van der Waals surface area contributed by atoms with Crippen LogP contribution in [0.1, 0.15) is 6.92 Å². The van der Waals surface area contributed by atoms with Gasteiger partial charge in [-0.15, -0.1) is 0 Å². The Morgan fingerprint density at radius 1 is 1.14 bits per heavy atom. The lowest BCUT2D eigenvalue weighted by molar-refractivity contribution is -0.114. The van der Waals surface area contributed by atoms with E-state index in [1.807, 2.05) is 12.1 Å². The molecule has 5 heteroatoms. The molecule has 110 valence electrons. The Morgan fingerprint density at radius 2 is 1.86 bits per heavy atom. The fourth-order valence-corrected chi connectivity index (χ4v) is 2.46. The second-order valence-corrected chi connectivity index (χ2v) is 4.99. The molecule has 0 aliphatic carbocycles. The minimum Gasteiger partial charge on any atom is -0.507 e. The number of fused-ring (bicyclic) bond motifs is 1. The Kier molecular flexibility index (Phi) is 3.39. The van der Waals surface area contributed by atoms with Gasteiger partial charge in [-0.1, -0.05) is 18.2 Å². The van der Waals surface area contributed by atoms with Crippen LogP contribution in [0.5, 0.6) is 5.75 Å². The van der Waals surface area contributed by atoms with E-state index in [-0.39, 0.29) is 17.2 Å². The van der Waals surface area contributed by atoms with Gasteiger partial charge in [0, 0.05) is 29.8 Å². The number of rotatable bonds is 2. The number of hydrogen-bond donors (Lipinski definition) is 3. The van der Waals surface area contributed by atoms with Crippen molar-refractivity contribution < 1.29 is 9.90 Å². The van der Waals surface area contributed by atoms with Gasteiger partial charge in [-0.25, -0.2) is 0 Å². The molecule has 2 aromatic carbocycles. The maximum atomic E-state index is 11.9. The summed E-state index contributed by atoms with van der Waals surface area (Å²) in [6, 6.07) is 12.0. The summed E-state index contributed by atoms with van der Waals surface area (Å²) < 4.78 is 0. The largest absolute Gasteiger partial charge is 0.507 e. The first-order chi connectivity index (χ1) is 10.6. The average Bonchev–Trinajstić information content (AvgIpc) is 2.49. The first-order valence-corrected chi connectivity index (χ1v) is 6.77. The van der Waals surface area contributed by atoms with Gasteiger partial charge in [0.05, 0.1) is 5.39 Å². The molecule has 0 saturated carbocycles. The zero-order valence-electron chi connectivity index (χ0n) is 11.9. The van der Waals surface area contributed by atoms with Gasteiger partial charge >= 0.3 is 0 Å². The van der Waals surface area contributed by atoms with Crippen molar-refractivity contribution in [1.82, 2.24) is 4.98 Å². The number of phenolic OH excluding ortho intramolecular Hbond substituents is 1. The number of anilines is 1. The second kappa shape index (κ2) is 5.37. The molecule has 0 aliphatic heterocycles. The number of pyridine rings is 1. The standard InChI is InChI=1S/C17H14N2O3/c1-10(20)19-12-7-5-11(6-8-12)14-9-18-17(22)13-3-2-4-15(21)16(13)14/h2-9,21H,1H3,(H,18,22)(H,19,20). The van der Waals surface area contributed by atoms with Gasteiger partial charge in [-0.3, -0.25) is 9.59 Å². The number of aromatic nitrogens is 1. The van der Waals surface area contributed by atoms with Gasteiger partial charge in [0.2, 0.25) is 5.91 Å². The van der Waals surface area contributed by atoms with Crippen molar-refractivity contribution in [1.29, 1.82) is 0 Å². The summed E-state index contributed by atoms with van der Waals surface area (Å²) in [6.45, 7) is 1.45. The summed E-state index contributed by atoms with van der Waals surface area (Å²) in [6.07, 6.45) is 1.58. The van der Waals surface area contributed by atoms with Gasteiger partial charge in [0.15, 0.2) is 0 Å². The van der Waals surface area contributed by atoms with E-state index < -0.39 is 0 Å². The van der Waals surface area contributed by atoms with Crippen LogP contribution in [-0.4, -0.2) is 16.0 Å². The quantitative estimate of drug-likeness (QED) is 0.679. The van der Waals surface area contributed by atoms with E-state index in [1.54, 1.807) is 36.5 Å². The van der Waals surface area contributed by atoms with Gasteiger partial charge < -0.3 is 15.4 Å². The highest BCUT2D eigenvalue weighted by Crippen LogP contribution is 2.32. The molecule has 0 atom stereocenters. The van der Waals surface area contributed by atoms with Crippen molar-refractivity contribution in [2.45, 2.75) is 6.92 Å². The molecule has 0 radical (unpaired) electrons. The van der Waals surface area contributed by atoms with Gasteiger partial charge in [-0.2, -0.15) is 0 Å². The Balaban J connectivity index is 2.16. The second-order valence-electron chi connectivity index (χ2n) is 4.99. The van der Waals surface area contributed by atoms with E-state index >= 15 is 0 Å². The number of benzene rings is 2. The molecule has 5 nitrogen and oxygen atoms in total. The number of phenols is 1. The molecule has 0 bridgehead atoms. The summed E-state index contributed by atoms with van der Waals surface area (Å²) in [7, 11) is 0. The third-order valence-corrected chi connectivity index (χ3v) is 3.42. The molecule has 3 aromatic rings.